The van der Waals surface area contributed by atoms with Gasteiger partial charge in [-0.1, -0.05) is 0 Å². The Balaban J connectivity index is 2.46. The van der Waals surface area contributed by atoms with Crippen molar-refractivity contribution in [3.63, 3.8) is 0 Å². The molecule has 4 nitrogen and oxygen atoms in total. The quantitative estimate of drug-likeness (QED) is 0.781. The third-order valence-corrected chi connectivity index (χ3v) is 2.11. The first-order valence-corrected chi connectivity index (χ1v) is 4.47. The maximum absolute atomic E-state index is 5.45. The van der Waals surface area contributed by atoms with Crippen LogP contribution in [-0.2, 0) is 0 Å². The number of nitrogens with one attached hydrogen (secondary N) is 1. The minimum absolute atomic E-state index is 0.244. The highest BCUT2D eigenvalue weighted by Gasteiger charge is 2.24. The predicted molar refractivity (Wildman–Crippen MR) is 53.3 cm³/mol. The van der Waals surface area contributed by atoms with Gasteiger partial charge in [0.15, 0.2) is 11.5 Å². The molecule has 0 fully saturated rings. The van der Waals surface area contributed by atoms with Gasteiger partial charge in [-0.15, -0.1) is 0 Å². The topological polar surface area (TPSA) is 39.7 Å². The van der Waals surface area contributed by atoms with Crippen molar-refractivity contribution in [2.45, 2.75) is 13.2 Å². The van der Waals surface area contributed by atoms with E-state index < -0.39 is 0 Å². The van der Waals surface area contributed by atoms with E-state index in [9.17, 15) is 0 Å². The summed E-state index contributed by atoms with van der Waals surface area (Å²) in [5, 5.41) is 3.03. The Hall–Kier alpha value is -1.58. The SMILES string of the molecule is CNc1cc(OC)c2c(c1)OC(C)O2. The lowest BCUT2D eigenvalue weighted by Crippen LogP contribution is -2.11. The molecular formula is C10H13NO3. The number of hydrogen-bond donors (Lipinski definition) is 1. The minimum Gasteiger partial charge on any atom is -0.493 e. The van der Waals surface area contributed by atoms with Gasteiger partial charge in [-0.2, -0.15) is 0 Å². The highest BCUT2D eigenvalue weighted by molar-refractivity contribution is 5.63. The summed E-state index contributed by atoms with van der Waals surface area (Å²) in [6.45, 7) is 1.85. The van der Waals surface area contributed by atoms with Gasteiger partial charge in [0.05, 0.1) is 7.11 Å². The van der Waals surface area contributed by atoms with Gasteiger partial charge in [0, 0.05) is 31.8 Å². The third kappa shape index (κ3) is 1.32. The highest BCUT2D eigenvalue weighted by Crippen LogP contribution is 2.44. The van der Waals surface area contributed by atoms with Crippen LogP contribution in [0.15, 0.2) is 12.1 Å². The summed E-state index contributed by atoms with van der Waals surface area (Å²) in [6, 6.07) is 3.77. The van der Waals surface area contributed by atoms with Crippen LogP contribution in [0.1, 0.15) is 6.92 Å². The molecule has 1 atom stereocenters. The Morgan fingerprint density at radius 3 is 2.79 bits per heavy atom. The normalized spacial score (nSPS) is 18.1. The molecule has 0 bridgehead atoms. The van der Waals surface area contributed by atoms with Crippen molar-refractivity contribution in [1.82, 2.24) is 0 Å². The summed E-state index contributed by atoms with van der Waals surface area (Å²) in [4.78, 5) is 0. The zero-order valence-corrected chi connectivity index (χ0v) is 8.46. The average Bonchev–Trinajstić information content (AvgIpc) is 2.56. The second kappa shape index (κ2) is 3.29. The number of rotatable bonds is 2. The van der Waals surface area contributed by atoms with Crippen molar-refractivity contribution in [2.24, 2.45) is 0 Å². The van der Waals surface area contributed by atoms with E-state index in [-0.39, 0.29) is 6.29 Å². The molecule has 14 heavy (non-hydrogen) atoms. The molecule has 0 radical (unpaired) electrons. The molecular weight excluding hydrogens is 182 g/mol. The fourth-order valence-corrected chi connectivity index (χ4v) is 1.45. The third-order valence-electron chi connectivity index (χ3n) is 2.11. The van der Waals surface area contributed by atoms with Crippen molar-refractivity contribution in [1.29, 1.82) is 0 Å². The van der Waals surface area contributed by atoms with Crippen LogP contribution in [0.25, 0.3) is 0 Å². The molecule has 1 heterocycles. The Labute approximate surface area is 82.8 Å². The van der Waals surface area contributed by atoms with Gasteiger partial charge in [-0.3, -0.25) is 0 Å². The zero-order valence-electron chi connectivity index (χ0n) is 8.46. The summed E-state index contributed by atoms with van der Waals surface area (Å²) in [5.41, 5.74) is 0.943. The summed E-state index contributed by atoms with van der Waals surface area (Å²) < 4.78 is 16.1. The molecule has 1 aliphatic rings. The van der Waals surface area contributed by atoms with Gasteiger partial charge in [0.2, 0.25) is 12.0 Å². The molecule has 4 heteroatoms. The van der Waals surface area contributed by atoms with Gasteiger partial charge in [0.25, 0.3) is 0 Å². The van der Waals surface area contributed by atoms with E-state index in [0.29, 0.717) is 11.5 Å². The summed E-state index contributed by atoms with van der Waals surface area (Å²) >= 11 is 0. The van der Waals surface area contributed by atoms with E-state index in [1.165, 1.54) is 0 Å². The number of hydrogen-bond acceptors (Lipinski definition) is 4. The van der Waals surface area contributed by atoms with E-state index in [2.05, 4.69) is 5.32 Å². The first-order valence-electron chi connectivity index (χ1n) is 4.47. The molecule has 0 spiro atoms. The number of fused-ring (bicyclic) bond motifs is 1. The van der Waals surface area contributed by atoms with E-state index >= 15 is 0 Å². The molecule has 0 aromatic heterocycles. The molecule has 0 amide bonds. The van der Waals surface area contributed by atoms with Gasteiger partial charge < -0.3 is 19.5 Å². The Morgan fingerprint density at radius 2 is 2.14 bits per heavy atom. The van der Waals surface area contributed by atoms with E-state index in [0.717, 1.165) is 11.4 Å². The van der Waals surface area contributed by atoms with Crippen LogP contribution < -0.4 is 19.5 Å². The molecule has 1 aromatic rings. The van der Waals surface area contributed by atoms with Gasteiger partial charge in [-0.25, -0.2) is 0 Å². The molecule has 0 saturated carbocycles. The lowest BCUT2D eigenvalue weighted by molar-refractivity contribution is 0.0664. The van der Waals surface area contributed by atoms with Crippen molar-refractivity contribution in [3.05, 3.63) is 12.1 Å². The first kappa shape index (κ1) is 8.99. The Kier molecular flexibility index (Phi) is 2.11. The molecule has 0 saturated heterocycles. The Bertz CT molecular complexity index is 351. The Morgan fingerprint density at radius 1 is 1.36 bits per heavy atom. The van der Waals surface area contributed by atoms with Crippen LogP contribution in [0.3, 0.4) is 0 Å². The van der Waals surface area contributed by atoms with E-state index in [4.69, 9.17) is 14.2 Å². The number of ether oxygens (including phenoxy) is 3. The standard InChI is InChI=1S/C10H13NO3/c1-6-13-9-5-7(11-2)4-8(12-3)10(9)14-6/h4-6,11H,1-3H3. The lowest BCUT2D eigenvalue weighted by atomic mass is 10.2. The van der Waals surface area contributed by atoms with Gasteiger partial charge in [-0.05, 0) is 0 Å². The fourth-order valence-electron chi connectivity index (χ4n) is 1.45. The van der Waals surface area contributed by atoms with Crippen LogP contribution in [-0.4, -0.2) is 20.4 Å². The zero-order chi connectivity index (χ0) is 10.1. The summed E-state index contributed by atoms with van der Waals surface area (Å²) in [7, 11) is 3.46. The van der Waals surface area contributed by atoms with E-state index in [1.807, 2.05) is 26.1 Å². The smallest absolute Gasteiger partial charge is 0.239 e. The number of methoxy groups -OCH3 is 1. The molecule has 1 aliphatic heterocycles. The van der Waals surface area contributed by atoms with Crippen molar-refractivity contribution < 1.29 is 14.2 Å². The molecule has 1 aromatic carbocycles. The fraction of sp³-hybridized carbons (Fsp3) is 0.400. The minimum atomic E-state index is -0.244. The first-order chi connectivity index (χ1) is 6.74. The van der Waals surface area contributed by atoms with Crippen molar-refractivity contribution in [2.75, 3.05) is 19.5 Å². The van der Waals surface area contributed by atoms with Crippen molar-refractivity contribution in [3.8, 4) is 17.2 Å². The van der Waals surface area contributed by atoms with Crippen LogP contribution in [0.2, 0.25) is 0 Å². The van der Waals surface area contributed by atoms with Gasteiger partial charge >= 0.3 is 0 Å². The largest absolute Gasteiger partial charge is 0.493 e. The van der Waals surface area contributed by atoms with Crippen LogP contribution >= 0.6 is 0 Å². The molecule has 76 valence electrons. The maximum Gasteiger partial charge on any atom is 0.239 e. The van der Waals surface area contributed by atoms with Crippen LogP contribution in [0.5, 0.6) is 17.2 Å². The molecule has 1 N–H and O–H groups in total. The number of benzene rings is 1. The molecule has 2 rings (SSSR count). The second-order valence-corrected chi connectivity index (χ2v) is 3.06. The predicted octanol–water partition coefficient (Wildman–Crippen LogP) is 1.85. The number of anilines is 1. The second-order valence-electron chi connectivity index (χ2n) is 3.06. The molecule has 1 unspecified atom stereocenters. The summed E-state index contributed by atoms with van der Waals surface area (Å²) in [5.74, 6) is 2.09. The monoisotopic (exact) mass is 195 g/mol. The maximum atomic E-state index is 5.45. The van der Waals surface area contributed by atoms with Gasteiger partial charge in [0.1, 0.15) is 0 Å². The lowest BCUT2D eigenvalue weighted by Gasteiger charge is -2.07. The highest BCUT2D eigenvalue weighted by atomic mass is 16.7. The average molecular weight is 195 g/mol. The summed E-state index contributed by atoms with van der Waals surface area (Å²) in [6.07, 6.45) is -0.244. The van der Waals surface area contributed by atoms with Crippen molar-refractivity contribution >= 4 is 5.69 Å². The van der Waals surface area contributed by atoms with E-state index in [1.54, 1.807) is 7.11 Å². The van der Waals surface area contributed by atoms with Crippen LogP contribution in [0, 0.1) is 0 Å². The van der Waals surface area contributed by atoms with Crippen LogP contribution in [0.4, 0.5) is 5.69 Å². The molecule has 0 aliphatic carbocycles.